The molecule has 0 bridgehead atoms. The third kappa shape index (κ3) is 8.34. The van der Waals surface area contributed by atoms with Gasteiger partial charge in [0.15, 0.2) is 0 Å². The quantitative estimate of drug-likeness (QED) is 0.156. The van der Waals surface area contributed by atoms with Gasteiger partial charge in [-0.1, -0.05) is 51.1 Å². The summed E-state index contributed by atoms with van der Waals surface area (Å²) in [6.45, 7) is 20.8. The van der Waals surface area contributed by atoms with Crippen molar-refractivity contribution in [2.75, 3.05) is 24.5 Å². The highest BCUT2D eigenvalue weighted by atomic mass is 16.7. The highest BCUT2D eigenvalue weighted by Gasteiger charge is 2.22. The number of anilines is 1. The number of hydrogen-bond donors (Lipinski definition) is 2. The summed E-state index contributed by atoms with van der Waals surface area (Å²) in [5, 5.41) is 12.5. The summed E-state index contributed by atoms with van der Waals surface area (Å²) in [5.41, 5.74) is 8.66. The number of nitrogens with one attached hydrogen (secondary N) is 1. The number of nitrogens with zero attached hydrogens (tertiary/aromatic N) is 1. The number of aryl methyl sites for hydroxylation is 1. The van der Waals surface area contributed by atoms with Crippen LogP contribution in [0.3, 0.4) is 0 Å². The van der Waals surface area contributed by atoms with E-state index in [4.69, 9.17) is 9.84 Å². The van der Waals surface area contributed by atoms with Crippen LogP contribution in [0, 0.1) is 0 Å². The van der Waals surface area contributed by atoms with Crippen LogP contribution >= 0.6 is 0 Å². The van der Waals surface area contributed by atoms with E-state index in [-0.39, 0.29) is 11.0 Å². The number of carboxylic acid groups (broad SMARTS) is 1. The first-order valence-corrected chi connectivity index (χ1v) is 14.1. The maximum Gasteiger partial charge on any atom is 0.511 e. The van der Waals surface area contributed by atoms with E-state index in [1.807, 2.05) is 12.1 Å². The summed E-state index contributed by atoms with van der Waals surface area (Å²) >= 11 is 0. The van der Waals surface area contributed by atoms with Crippen molar-refractivity contribution in [1.82, 2.24) is 5.32 Å². The molecule has 0 aliphatic rings. The maximum absolute atomic E-state index is 10.9. The number of rotatable bonds is 10. The standard InChI is InChI=1S/C34H46N2O3/c1-9-36(10-2)31-20-17-27(23-30(31)33(3,4)5)29-22-26(24-15-18-28(19-16-24)39-32(37)38)14-13-25(29)12-11-21-35-34(6,7)8/h13-20,22-23,35H,9-12,21H2,1-8H3,(H,37,38). The van der Waals surface area contributed by atoms with E-state index >= 15 is 0 Å². The van der Waals surface area contributed by atoms with Gasteiger partial charge in [0, 0.05) is 24.3 Å². The van der Waals surface area contributed by atoms with Crippen molar-refractivity contribution in [3.05, 3.63) is 71.8 Å². The van der Waals surface area contributed by atoms with Crippen LogP contribution in [-0.4, -0.2) is 36.4 Å². The van der Waals surface area contributed by atoms with Gasteiger partial charge in [-0.3, -0.25) is 0 Å². The van der Waals surface area contributed by atoms with E-state index in [2.05, 4.69) is 102 Å². The van der Waals surface area contributed by atoms with Crippen molar-refractivity contribution < 1.29 is 14.6 Å². The molecular formula is C34H46N2O3. The van der Waals surface area contributed by atoms with Crippen LogP contribution in [0.2, 0.25) is 0 Å². The number of carbonyl (C=O) groups is 1. The topological polar surface area (TPSA) is 61.8 Å². The molecule has 0 fully saturated rings. The summed E-state index contributed by atoms with van der Waals surface area (Å²) in [6, 6.07) is 20.9. The smallest absolute Gasteiger partial charge is 0.449 e. The Hall–Kier alpha value is -3.31. The molecule has 0 saturated carbocycles. The van der Waals surface area contributed by atoms with E-state index in [9.17, 15) is 4.79 Å². The molecule has 0 spiro atoms. The average Bonchev–Trinajstić information content (AvgIpc) is 2.86. The minimum Gasteiger partial charge on any atom is -0.449 e. The van der Waals surface area contributed by atoms with Gasteiger partial charge in [-0.2, -0.15) is 0 Å². The third-order valence-electron chi connectivity index (χ3n) is 7.00. The lowest BCUT2D eigenvalue weighted by molar-refractivity contribution is 0.144. The molecule has 3 aromatic rings. The zero-order valence-corrected chi connectivity index (χ0v) is 25.0. The van der Waals surface area contributed by atoms with Gasteiger partial charge in [-0.05, 0) is 123 Å². The Morgan fingerprint density at radius 3 is 2.03 bits per heavy atom. The second kappa shape index (κ2) is 12.7. The van der Waals surface area contributed by atoms with E-state index in [1.54, 1.807) is 12.1 Å². The molecule has 0 amide bonds. The van der Waals surface area contributed by atoms with Crippen LogP contribution in [0.4, 0.5) is 10.5 Å². The van der Waals surface area contributed by atoms with Crippen LogP contribution in [0.1, 0.15) is 72.9 Å². The van der Waals surface area contributed by atoms with Crippen molar-refractivity contribution >= 4 is 11.8 Å². The SMILES string of the molecule is CCN(CC)c1ccc(-c2cc(-c3ccc(OC(=O)O)cc3)ccc2CCCNC(C)(C)C)cc1C(C)(C)C. The molecule has 0 heterocycles. The molecule has 0 unspecified atom stereocenters. The van der Waals surface area contributed by atoms with Gasteiger partial charge in [0.2, 0.25) is 0 Å². The van der Waals surface area contributed by atoms with E-state index in [1.165, 1.54) is 27.9 Å². The van der Waals surface area contributed by atoms with Crippen molar-refractivity contribution in [3.8, 4) is 28.0 Å². The second-order valence-corrected chi connectivity index (χ2v) is 12.2. The molecule has 3 rings (SSSR count). The van der Waals surface area contributed by atoms with Crippen LogP contribution in [0.25, 0.3) is 22.3 Å². The summed E-state index contributed by atoms with van der Waals surface area (Å²) in [4.78, 5) is 13.3. The largest absolute Gasteiger partial charge is 0.511 e. The molecule has 5 nitrogen and oxygen atoms in total. The van der Waals surface area contributed by atoms with Gasteiger partial charge in [0.25, 0.3) is 0 Å². The Balaban J connectivity index is 2.07. The summed E-state index contributed by atoms with van der Waals surface area (Å²) in [6.07, 6.45) is 0.722. The highest BCUT2D eigenvalue weighted by molar-refractivity contribution is 5.78. The summed E-state index contributed by atoms with van der Waals surface area (Å²) < 4.78 is 4.80. The molecule has 0 atom stereocenters. The third-order valence-corrected chi connectivity index (χ3v) is 7.00. The summed E-state index contributed by atoms with van der Waals surface area (Å²) in [7, 11) is 0. The number of ether oxygens (including phenoxy) is 1. The van der Waals surface area contributed by atoms with Gasteiger partial charge in [0.1, 0.15) is 5.75 Å². The zero-order chi connectivity index (χ0) is 28.8. The fourth-order valence-electron chi connectivity index (χ4n) is 4.95. The molecule has 5 heteroatoms. The van der Waals surface area contributed by atoms with Crippen LogP contribution < -0.4 is 15.0 Å². The van der Waals surface area contributed by atoms with Gasteiger partial charge < -0.3 is 20.1 Å². The van der Waals surface area contributed by atoms with Crippen molar-refractivity contribution in [2.45, 2.75) is 79.2 Å². The number of benzene rings is 3. The molecule has 2 N–H and O–H groups in total. The average molecular weight is 531 g/mol. The van der Waals surface area contributed by atoms with Gasteiger partial charge in [0.05, 0.1) is 0 Å². The number of hydrogen-bond acceptors (Lipinski definition) is 4. The fraction of sp³-hybridized carbons (Fsp3) is 0.441. The monoisotopic (exact) mass is 530 g/mol. The van der Waals surface area contributed by atoms with E-state index in [0.717, 1.165) is 43.6 Å². The van der Waals surface area contributed by atoms with Gasteiger partial charge in [-0.25, -0.2) is 4.79 Å². The summed E-state index contributed by atoms with van der Waals surface area (Å²) in [5.74, 6) is 0.316. The van der Waals surface area contributed by atoms with Crippen LogP contribution in [0.5, 0.6) is 5.75 Å². The second-order valence-electron chi connectivity index (χ2n) is 12.2. The molecule has 39 heavy (non-hydrogen) atoms. The molecule has 0 aliphatic heterocycles. The Morgan fingerprint density at radius 2 is 1.46 bits per heavy atom. The van der Waals surface area contributed by atoms with Gasteiger partial charge in [-0.15, -0.1) is 0 Å². The van der Waals surface area contributed by atoms with Crippen molar-refractivity contribution in [3.63, 3.8) is 0 Å². The Kier molecular flexibility index (Phi) is 9.84. The first-order valence-electron chi connectivity index (χ1n) is 14.1. The van der Waals surface area contributed by atoms with Crippen molar-refractivity contribution in [2.24, 2.45) is 0 Å². The molecule has 0 radical (unpaired) electrons. The lowest BCUT2D eigenvalue weighted by Crippen LogP contribution is -2.36. The van der Waals surface area contributed by atoms with Crippen LogP contribution in [-0.2, 0) is 11.8 Å². The first-order chi connectivity index (χ1) is 18.3. The highest BCUT2D eigenvalue weighted by Crippen LogP contribution is 2.38. The molecule has 0 aliphatic carbocycles. The maximum atomic E-state index is 10.9. The van der Waals surface area contributed by atoms with E-state index in [0.29, 0.717) is 5.75 Å². The first kappa shape index (κ1) is 30.2. The van der Waals surface area contributed by atoms with Gasteiger partial charge >= 0.3 is 6.16 Å². The Morgan fingerprint density at radius 1 is 0.846 bits per heavy atom. The van der Waals surface area contributed by atoms with E-state index < -0.39 is 6.16 Å². The molecular weight excluding hydrogens is 484 g/mol. The lowest BCUT2D eigenvalue weighted by Gasteiger charge is -2.31. The lowest BCUT2D eigenvalue weighted by atomic mass is 9.82. The predicted molar refractivity (Wildman–Crippen MR) is 164 cm³/mol. The Labute approximate surface area is 235 Å². The molecule has 3 aromatic carbocycles. The minimum absolute atomic E-state index is 0.00229. The van der Waals surface area contributed by atoms with Crippen molar-refractivity contribution in [1.29, 1.82) is 0 Å². The normalized spacial score (nSPS) is 11.9. The predicted octanol–water partition coefficient (Wildman–Crippen LogP) is 8.54. The Bertz CT molecular complexity index is 1250. The van der Waals surface area contributed by atoms with Crippen LogP contribution in [0.15, 0.2) is 60.7 Å². The fourth-order valence-corrected chi connectivity index (χ4v) is 4.95. The molecule has 210 valence electrons. The zero-order valence-electron chi connectivity index (χ0n) is 25.0. The molecule has 0 saturated heterocycles. The minimum atomic E-state index is -1.31. The molecule has 0 aromatic heterocycles.